The van der Waals surface area contributed by atoms with E-state index in [-0.39, 0.29) is 30.7 Å². The summed E-state index contributed by atoms with van der Waals surface area (Å²) in [4.78, 5) is 14.6. The summed E-state index contributed by atoms with van der Waals surface area (Å²) in [5, 5.41) is 3.76. The molecule has 7 heteroatoms. The molecule has 0 radical (unpaired) electrons. The highest BCUT2D eigenvalue weighted by Crippen LogP contribution is 2.29. The summed E-state index contributed by atoms with van der Waals surface area (Å²) in [5.74, 6) is 0.322. The van der Waals surface area contributed by atoms with Crippen molar-refractivity contribution in [3.05, 3.63) is 58.6 Å². The van der Waals surface area contributed by atoms with Crippen LogP contribution in [0.1, 0.15) is 22.3 Å². The third-order valence-electron chi connectivity index (χ3n) is 4.55. The Hall–Kier alpha value is -1.62. The monoisotopic (exact) mass is 415 g/mol. The quantitative estimate of drug-likeness (QED) is 0.729. The van der Waals surface area contributed by atoms with Gasteiger partial charge in [-0.3, -0.25) is 4.79 Å². The first-order valence-corrected chi connectivity index (χ1v) is 8.56. The van der Waals surface area contributed by atoms with Gasteiger partial charge in [0.2, 0.25) is 0 Å². The van der Waals surface area contributed by atoms with Crippen molar-refractivity contribution in [3.8, 4) is 0 Å². The van der Waals surface area contributed by atoms with Gasteiger partial charge in [0, 0.05) is 36.0 Å². The van der Waals surface area contributed by atoms with Gasteiger partial charge in [-0.1, -0.05) is 29.8 Å². The number of carbonyl (C=O) groups is 1. The van der Waals surface area contributed by atoms with Crippen LogP contribution < -0.4 is 16.0 Å². The molecule has 142 valence electrons. The Kier molecular flexibility index (Phi) is 8.54. The fourth-order valence-electron chi connectivity index (χ4n) is 3.18. The van der Waals surface area contributed by atoms with E-state index in [1.807, 2.05) is 30.3 Å². The number of aryl methyl sites for hydroxylation is 1. The summed E-state index contributed by atoms with van der Waals surface area (Å²) < 4.78 is 0. The fraction of sp³-hybridized carbons (Fsp3) is 0.316. The molecule has 3 N–H and O–H groups in total. The van der Waals surface area contributed by atoms with Crippen molar-refractivity contribution >= 4 is 53.7 Å². The fourth-order valence-corrected chi connectivity index (χ4v) is 3.34. The molecule has 0 bridgehead atoms. The molecule has 0 saturated carbocycles. The van der Waals surface area contributed by atoms with Gasteiger partial charge in [0.1, 0.15) is 0 Å². The third kappa shape index (κ3) is 5.19. The van der Waals surface area contributed by atoms with Gasteiger partial charge >= 0.3 is 0 Å². The molecule has 0 aliphatic carbocycles. The van der Waals surface area contributed by atoms with Crippen LogP contribution in [0.15, 0.2) is 42.5 Å². The molecular weight excluding hydrogens is 393 g/mol. The summed E-state index contributed by atoms with van der Waals surface area (Å²) in [5.41, 5.74) is 9.31. The standard InChI is InChI=1S/C19H22ClN3O.2ClH/c1-13-6-7-15(20)10-18(13)23-9-8-14(12-23)11-22-19(24)16-4-2-3-5-17(16)21;;/h2-7,10,14H,8-9,11-12,21H2,1H3,(H,22,24);2*1H. The third-order valence-corrected chi connectivity index (χ3v) is 4.79. The molecule has 3 rings (SSSR count). The SMILES string of the molecule is Cc1ccc(Cl)cc1N1CCC(CNC(=O)c2ccccc2N)C1.Cl.Cl. The number of benzene rings is 2. The lowest BCUT2D eigenvalue weighted by atomic mass is 10.1. The number of carbonyl (C=O) groups excluding carboxylic acids is 1. The van der Waals surface area contributed by atoms with Crippen LogP contribution in [0.3, 0.4) is 0 Å². The van der Waals surface area contributed by atoms with Crippen LogP contribution in [0.2, 0.25) is 5.02 Å². The molecular formula is C19H24Cl3N3O. The lowest BCUT2D eigenvalue weighted by Gasteiger charge is -2.21. The van der Waals surface area contributed by atoms with Crippen LogP contribution in [-0.2, 0) is 0 Å². The van der Waals surface area contributed by atoms with Gasteiger partial charge in [-0.05, 0) is 49.1 Å². The molecule has 1 saturated heterocycles. The van der Waals surface area contributed by atoms with Crippen LogP contribution in [0, 0.1) is 12.8 Å². The minimum Gasteiger partial charge on any atom is -0.398 e. The Bertz CT molecular complexity index is 755. The topological polar surface area (TPSA) is 58.4 Å². The number of anilines is 2. The molecule has 0 spiro atoms. The largest absolute Gasteiger partial charge is 0.398 e. The highest BCUT2D eigenvalue weighted by molar-refractivity contribution is 6.30. The zero-order chi connectivity index (χ0) is 17.1. The van der Waals surface area contributed by atoms with E-state index >= 15 is 0 Å². The maximum absolute atomic E-state index is 12.3. The van der Waals surface area contributed by atoms with E-state index in [9.17, 15) is 4.79 Å². The van der Waals surface area contributed by atoms with Crippen molar-refractivity contribution in [3.63, 3.8) is 0 Å². The number of nitrogen functional groups attached to an aromatic ring is 1. The highest BCUT2D eigenvalue weighted by Gasteiger charge is 2.24. The van der Waals surface area contributed by atoms with Gasteiger partial charge < -0.3 is 16.0 Å². The van der Waals surface area contributed by atoms with Gasteiger partial charge in [0.05, 0.1) is 5.56 Å². The molecule has 1 atom stereocenters. The van der Waals surface area contributed by atoms with Gasteiger partial charge in [-0.2, -0.15) is 0 Å². The summed E-state index contributed by atoms with van der Waals surface area (Å²) in [6, 6.07) is 13.1. The molecule has 4 nitrogen and oxygen atoms in total. The summed E-state index contributed by atoms with van der Waals surface area (Å²) >= 11 is 6.12. The van der Waals surface area contributed by atoms with E-state index in [0.717, 1.165) is 24.5 Å². The second kappa shape index (κ2) is 9.91. The molecule has 2 aromatic rings. The Morgan fingerprint density at radius 1 is 1.27 bits per heavy atom. The Morgan fingerprint density at radius 3 is 2.73 bits per heavy atom. The smallest absolute Gasteiger partial charge is 0.253 e. The highest BCUT2D eigenvalue weighted by atomic mass is 35.5. The van der Waals surface area contributed by atoms with E-state index in [2.05, 4.69) is 17.1 Å². The Morgan fingerprint density at radius 2 is 2.00 bits per heavy atom. The van der Waals surface area contributed by atoms with Crippen LogP contribution in [0.25, 0.3) is 0 Å². The molecule has 1 heterocycles. The first kappa shape index (κ1) is 22.4. The Balaban J connectivity index is 0.00000169. The Labute approximate surface area is 171 Å². The van der Waals surface area contributed by atoms with E-state index in [0.29, 0.717) is 23.7 Å². The second-order valence-electron chi connectivity index (χ2n) is 6.33. The van der Waals surface area contributed by atoms with Crippen molar-refractivity contribution in [1.82, 2.24) is 5.32 Å². The first-order chi connectivity index (χ1) is 11.5. The second-order valence-corrected chi connectivity index (χ2v) is 6.77. The number of para-hydroxylation sites is 1. The number of hydrogen-bond donors (Lipinski definition) is 2. The number of rotatable bonds is 4. The predicted octanol–water partition coefficient (Wildman–Crippen LogP) is 4.33. The van der Waals surface area contributed by atoms with E-state index in [1.54, 1.807) is 12.1 Å². The lowest BCUT2D eigenvalue weighted by Crippen LogP contribution is -2.31. The van der Waals surface area contributed by atoms with Crippen molar-refractivity contribution in [2.75, 3.05) is 30.3 Å². The zero-order valence-electron chi connectivity index (χ0n) is 14.6. The van der Waals surface area contributed by atoms with E-state index in [4.69, 9.17) is 17.3 Å². The van der Waals surface area contributed by atoms with Gasteiger partial charge in [0.15, 0.2) is 0 Å². The average Bonchev–Trinajstić information content (AvgIpc) is 3.04. The molecule has 2 aromatic carbocycles. The van der Waals surface area contributed by atoms with Crippen LogP contribution >= 0.6 is 36.4 Å². The number of nitrogens with one attached hydrogen (secondary N) is 1. The molecule has 1 unspecified atom stereocenters. The normalized spacial score (nSPS) is 15.8. The predicted molar refractivity (Wildman–Crippen MR) is 114 cm³/mol. The average molecular weight is 417 g/mol. The number of hydrogen-bond acceptors (Lipinski definition) is 3. The minimum absolute atomic E-state index is 0. The lowest BCUT2D eigenvalue weighted by molar-refractivity contribution is 0.0949. The van der Waals surface area contributed by atoms with Crippen molar-refractivity contribution in [2.24, 2.45) is 5.92 Å². The number of halogens is 3. The van der Waals surface area contributed by atoms with Crippen LogP contribution in [-0.4, -0.2) is 25.5 Å². The molecule has 1 aliphatic heterocycles. The minimum atomic E-state index is -0.106. The summed E-state index contributed by atoms with van der Waals surface area (Å²) in [6.07, 6.45) is 1.05. The van der Waals surface area contributed by atoms with Gasteiger partial charge in [0.25, 0.3) is 5.91 Å². The molecule has 26 heavy (non-hydrogen) atoms. The van der Waals surface area contributed by atoms with Crippen molar-refractivity contribution in [2.45, 2.75) is 13.3 Å². The van der Waals surface area contributed by atoms with Crippen molar-refractivity contribution < 1.29 is 4.79 Å². The van der Waals surface area contributed by atoms with Crippen molar-refractivity contribution in [1.29, 1.82) is 0 Å². The zero-order valence-corrected chi connectivity index (χ0v) is 17.0. The molecule has 1 amide bonds. The van der Waals surface area contributed by atoms with E-state index < -0.39 is 0 Å². The van der Waals surface area contributed by atoms with Crippen LogP contribution in [0.4, 0.5) is 11.4 Å². The van der Waals surface area contributed by atoms with Crippen LogP contribution in [0.5, 0.6) is 0 Å². The maximum Gasteiger partial charge on any atom is 0.253 e. The number of amides is 1. The molecule has 0 aromatic heterocycles. The maximum atomic E-state index is 12.3. The first-order valence-electron chi connectivity index (χ1n) is 8.18. The summed E-state index contributed by atoms with van der Waals surface area (Å²) in [7, 11) is 0. The van der Waals surface area contributed by atoms with Gasteiger partial charge in [-0.15, -0.1) is 24.8 Å². The molecule has 1 fully saturated rings. The number of nitrogens with zero attached hydrogens (tertiary/aromatic N) is 1. The molecule has 1 aliphatic rings. The number of nitrogens with two attached hydrogens (primary N) is 1. The van der Waals surface area contributed by atoms with E-state index in [1.165, 1.54) is 11.3 Å². The summed E-state index contributed by atoms with van der Waals surface area (Å²) in [6.45, 7) is 4.66. The van der Waals surface area contributed by atoms with Gasteiger partial charge in [-0.25, -0.2) is 0 Å².